The van der Waals surface area contributed by atoms with E-state index in [2.05, 4.69) is 0 Å². The van der Waals surface area contributed by atoms with Gasteiger partial charge in [-0.25, -0.2) is 4.79 Å². The second-order valence-corrected chi connectivity index (χ2v) is 7.93. The zero-order valence-corrected chi connectivity index (χ0v) is 17.9. The minimum absolute atomic E-state index is 0.118. The van der Waals surface area contributed by atoms with Crippen LogP contribution in [0.1, 0.15) is 16.7 Å². The Kier molecular flexibility index (Phi) is 5.04. The number of rotatable bonds is 5. The molecule has 2 heterocycles. The zero-order valence-electron chi connectivity index (χ0n) is 17.1. The SMILES string of the molecule is COc1ccc(C2(O)OC(=O)C(c3ccc4c(c3)OCO4)=C2Cc2cccc(Cl)c2)cc1. The summed E-state index contributed by atoms with van der Waals surface area (Å²) in [5, 5.41) is 12.2. The van der Waals surface area contributed by atoms with Crippen LogP contribution in [0.15, 0.2) is 72.3 Å². The van der Waals surface area contributed by atoms with E-state index in [4.69, 9.17) is 30.5 Å². The van der Waals surface area contributed by atoms with Gasteiger partial charge in [-0.2, -0.15) is 0 Å². The molecule has 32 heavy (non-hydrogen) atoms. The van der Waals surface area contributed by atoms with Crippen LogP contribution in [0.4, 0.5) is 0 Å². The molecule has 1 N–H and O–H groups in total. The number of benzene rings is 3. The number of fused-ring (bicyclic) bond motifs is 1. The van der Waals surface area contributed by atoms with Crippen LogP contribution in [-0.4, -0.2) is 25.0 Å². The van der Waals surface area contributed by atoms with Crippen LogP contribution in [-0.2, 0) is 21.7 Å². The molecule has 0 spiro atoms. The minimum Gasteiger partial charge on any atom is -0.497 e. The number of methoxy groups -OCH3 is 1. The van der Waals surface area contributed by atoms with E-state index in [0.29, 0.717) is 39.0 Å². The zero-order chi connectivity index (χ0) is 22.3. The van der Waals surface area contributed by atoms with Crippen LogP contribution in [0, 0.1) is 0 Å². The summed E-state index contributed by atoms with van der Waals surface area (Å²) in [6.45, 7) is 0.118. The molecule has 2 aliphatic heterocycles. The largest absolute Gasteiger partial charge is 0.497 e. The van der Waals surface area contributed by atoms with E-state index in [1.54, 1.807) is 61.7 Å². The van der Waals surface area contributed by atoms with Gasteiger partial charge in [0.25, 0.3) is 5.79 Å². The van der Waals surface area contributed by atoms with E-state index < -0.39 is 11.8 Å². The lowest BCUT2D eigenvalue weighted by Gasteiger charge is -2.26. The Morgan fingerprint density at radius 1 is 1.03 bits per heavy atom. The number of esters is 1. The highest BCUT2D eigenvalue weighted by Gasteiger charge is 2.48. The Morgan fingerprint density at radius 3 is 2.56 bits per heavy atom. The minimum atomic E-state index is -1.95. The smallest absolute Gasteiger partial charge is 0.342 e. The number of carbonyl (C=O) groups excluding carboxylic acids is 1. The summed E-state index contributed by atoms with van der Waals surface area (Å²) in [5.41, 5.74) is 2.51. The first-order valence-electron chi connectivity index (χ1n) is 9.96. The number of hydrogen-bond acceptors (Lipinski definition) is 6. The lowest BCUT2D eigenvalue weighted by molar-refractivity contribution is -0.185. The van der Waals surface area contributed by atoms with E-state index in [-0.39, 0.29) is 18.8 Å². The molecule has 162 valence electrons. The molecule has 0 amide bonds. The Balaban J connectivity index is 1.67. The summed E-state index contributed by atoms with van der Waals surface area (Å²) >= 11 is 6.18. The van der Waals surface area contributed by atoms with E-state index >= 15 is 0 Å². The van der Waals surface area contributed by atoms with Crippen LogP contribution in [0.25, 0.3) is 5.57 Å². The number of cyclic esters (lactones) is 1. The third-order valence-electron chi connectivity index (χ3n) is 5.57. The normalized spacial score (nSPS) is 19.3. The van der Waals surface area contributed by atoms with Crippen molar-refractivity contribution in [2.45, 2.75) is 12.2 Å². The predicted molar refractivity (Wildman–Crippen MR) is 118 cm³/mol. The van der Waals surface area contributed by atoms with Gasteiger partial charge in [0.15, 0.2) is 11.5 Å². The molecule has 0 aliphatic carbocycles. The average molecular weight is 451 g/mol. The monoisotopic (exact) mass is 450 g/mol. The molecule has 1 unspecified atom stereocenters. The standard InChI is InChI=1S/C25H19ClO6/c1-29-19-8-6-17(7-9-19)25(28)20(12-15-3-2-4-18(26)11-15)23(24(27)32-25)16-5-10-21-22(13-16)31-14-30-21/h2-11,13,28H,12,14H2,1H3. The van der Waals surface area contributed by atoms with Crippen LogP contribution in [0.3, 0.4) is 0 Å². The van der Waals surface area contributed by atoms with E-state index in [1.165, 1.54) is 0 Å². The number of ether oxygens (including phenoxy) is 4. The van der Waals surface area contributed by atoms with Gasteiger partial charge in [0.2, 0.25) is 6.79 Å². The lowest BCUT2D eigenvalue weighted by Crippen LogP contribution is -2.29. The fourth-order valence-electron chi connectivity index (χ4n) is 3.99. The maximum absolute atomic E-state index is 13.1. The van der Waals surface area contributed by atoms with Gasteiger partial charge in [0.05, 0.1) is 12.7 Å². The second-order valence-electron chi connectivity index (χ2n) is 7.49. The molecule has 5 rings (SSSR count). The molecule has 0 radical (unpaired) electrons. The maximum Gasteiger partial charge on any atom is 0.342 e. The van der Waals surface area contributed by atoms with Gasteiger partial charge in [0.1, 0.15) is 5.75 Å². The van der Waals surface area contributed by atoms with Gasteiger partial charge in [0, 0.05) is 22.6 Å². The molecule has 7 heteroatoms. The summed E-state index contributed by atoms with van der Waals surface area (Å²) in [6, 6.07) is 19.2. The molecule has 0 saturated heterocycles. The number of halogens is 1. The molecule has 3 aromatic rings. The molecule has 0 aromatic heterocycles. The van der Waals surface area contributed by atoms with Gasteiger partial charge >= 0.3 is 5.97 Å². The Hall–Kier alpha value is -3.48. The highest BCUT2D eigenvalue weighted by molar-refractivity contribution is 6.30. The first kappa shape index (κ1) is 20.4. The Labute approximate surface area is 189 Å². The van der Waals surface area contributed by atoms with Crippen LogP contribution in [0.2, 0.25) is 5.02 Å². The number of aliphatic hydroxyl groups is 1. The summed E-state index contributed by atoms with van der Waals surface area (Å²) in [5.74, 6) is -0.818. The van der Waals surface area contributed by atoms with E-state index in [1.807, 2.05) is 12.1 Å². The highest BCUT2D eigenvalue weighted by Crippen LogP contribution is 2.46. The fourth-order valence-corrected chi connectivity index (χ4v) is 4.21. The fraction of sp³-hybridized carbons (Fsp3) is 0.160. The van der Waals surface area contributed by atoms with Crippen molar-refractivity contribution in [3.05, 3.63) is 94.0 Å². The maximum atomic E-state index is 13.1. The summed E-state index contributed by atoms with van der Waals surface area (Å²) in [4.78, 5) is 13.1. The number of carbonyl (C=O) groups is 1. The van der Waals surface area contributed by atoms with Gasteiger partial charge in [-0.15, -0.1) is 0 Å². The molecular weight excluding hydrogens is 432 g/mol. The van der Waals surface area contributed by atoms with Crippen molar-refractivity contribution in [2.75, 3.05) is 13.9 Å². The van der Waals surface area contributed by atoms with Crippen molar-refractivity contribution in [3.63, 3.8) is 0 Å². The van der Waals surface area contributed by atoms with Crippen LogP contribution >= 0.6 is 11.6 Å². The summed E-state index contributed by atoms with van der Waals surface area (Å²) < 4.78 is 21.7. The van der Waals surface area contributed by atoms with Crippen molar-refractivity contribution in [1.82, 2.24) is 0 Å². The first-order chi connectivity index (χ1) is 15.5. The van der Waals surface area contributed by atoms with Crippen molar-refractivity contribution in [1.29, 1.82) is 0 Å². The van der Waals surface area contributed by atoms with Gasteiger partial charge in [-0.3, -0.25) is 0 Å². The predicted octanol–water partition coefficient (Wildman–Crippen LogP) is 4.48. The van der Waals surface area contributed by atoms with Crippen LogP contribution < -0.4 is 14.2 Å². The quantitative estimate of drug-likeness (QED) is 0.578. The average Bonchev–Trinajstić information content (AvgIpc) is 3.36. The third kappa shape index (κ3) is 3.47. The molecule has 3 aromatic carbocycles. The van der Waals surface area contributed by atoms with Gasteiger partial charge in [-0.1, -0.05) is 29.8 Å². The van der Waals surface area contributed by atoms with E-state index in [0.717, 1.165) is 5.56 Å². The molecule has 6 nitrogen and oxygen atoms in total. The molecular formula is C25H19ClO6. The van der Waals surface area contributed by atoms with Crippen molar-refractivity contribution < 1.29 is 28.8 Å². The first-order valence-corrected chi connectivity index (χ1v) is 10.3. The van der Waals surface area contributed by atoms with Crippen molar-refractivity contribution in [3.8, 4) is 17.2 Å². The topological polar surface area (TPSA) is 74.2 Å². The second kappa shape index (κ2) is 7.89. The van der Waals surface area contributed by atoms with Gasteiger partial charge in [-0.05, 0) is 59.7 Å². The van der Waals surface area contributed by atoms with Crippen LogP contribution in [0.5, 0.6) is 17.2 Å². The van der Waals surface area contributed by atoms with Crippen molar-refractivity contribution in [2.24, 2.45) is 0 Å². The van der Waals surface area contributed by atoms with E-state index in [9.17, 15) is 9.90 Å². The molecule has 0 bridgehead atoms. The summed E-state index contributed by atoms with van der Waals surface area (Å²) in [6.07, 6.45) is 0.249. The lowest BCUT2D eigenvalue weighted by atomic mass is 9.88. The highest BCUT2D eigenvalue weighted by atomic mass is 35.5. The molecule has 0 saturated carbocycles. The van der Waals surface area contributed by atoms with Gasteiger partial charge < -0.3 is 24.1 Å². The van der Waals surface area contributed by atoms with Crippen molar-refractivity contribution >= 4 is 23.1 Å². The molecule has 0 fully saturated rings. The molecule has 2 aliphatic rings. The Morgan fingerprint density at radius 2 is 1.81 bits per heavy atom. The summed E-state index contributed by atoms with van der Waals surface area (Å²) in [7, 11) is 1.56. The number of hydrogen-bond donors (Lipinski definition) is 1. The molecule has 1 atom stereocenters. The Bertz CT molecular complexity index is 1230. The third-order valence-corrected chi connectivity index (χ3v) is 5.80.